The first-order valence-electron chi connectivity index (χ1n) is 8.43. The van der Waals surface area contributed by atoms with Crippen LogP contribution in [0.1, 0.15) is 18.4 Å². The average molecular weight is 436 g/mol. The smallest absolute Gasteiger partial charge is 0.406 e. The largest absolute Gasteiger partial charge is 0.573 e. The Hall–Kier alpha value is -2.11. The third kappa shape index (κ3) is 8.42. The second-order valence-electron chi connectivity index (χ2n) is 6.39. The lowest BCUT2D eigenvalue weighted by atomic mass is 10.1. The molecule has 1 aromatic heterocycles. The number of aromatic nitrogens is 1. The average Bonchev–Trinajstić information content (AvgIpc) is 2.93. The van der Waals surface area contributed by atoms with E-state index < -0.39 is 50.4 Å². The maximum atomic E-state index is 12.4. The molecular weight excluding hydrogens is 419 g/mol. The van der Waals surface area contributed by atoms with E-state index in [0.29, 0.717) is 16.5 Å². The monoisotopic (exact) mass is 436 g/mol. The Kier molecular flexibility index (Phi) is 6.97. The summed E-state index contributed by atoms with van der Waals surface area (Å²) in [4.78, 5) is 3.84. The first-order valence-corrected chi connectivity index (χ1v) is 8.43. The molecule has 0 aliphatic rings. The van der Waals surface area contributed by atoms with Crippen LogP contribution in [0.2, 0.25) is 0 Å². The van der Waals surface area contributed by atoms with Gasteiger partial charge < -0.3 is 14.6 Å². The minimum absolute atomic E-state index is 0.0468. The number of fused-ring (bicyclic) bond motifs is 1. The van der Waals surface area contributed by atoms with Crippen LogP contribution in [0.5, 0.6) is 5.75 Å². The number of hydrogen-bond acceptors (Lipinski definition) is 2. The van der Waals surface area contributed by atoms with E-state index in [0.717, 1.165) is 17.0 Å². The van der Waals surface area contributed by atoms with Crippen molar-refractivity contribution in [2.24, 2.45) is 0 Å². The molecule has 1 N–H and O–H groups in total. The van der Waals surface area contributed by atoms with Crippen LogP contribution in [0.15, 0.2) is 24.4 Å². The summed E-state index contributed by atoms with van der Waals surface area (Å²) in [6, 6.07) is 3.55. The fraction of sp³-hybridized carbons (Fsp3) is 0.529. The minimum Gasteiger partial charge on any atom is -0.406 e. The van der Waals surface area contributed by atoms with Gasteiger partial charge in [0, 0.05) is 36.7 Å². The summed E-state index contributed by atoms with van der Waals surface area (Å²) < 4.78 is 116. The number of nitrogens with one attached hydrogen (secondary N) is 1. The van der Waals surface area contributed by atoms with Crippen molar-refractivity contribution in [2.45, 2.75) is 38.0 Å². The first kappa shape index (κ1) is 23.2. The van der Waals surface area contributed by atoms with E-state index in [1.165, 1.54) is 12.3 Å². The van der Waals surface area contributed by atoms with Gasteiger partial charge in [-0.05, 0) is 30.2 Å². The Morgan fingerprint density at radius 2 is 1.41 bits per heavy atom. The van der Waals surface area contributed by atoms with E-state index in [2.05, 4.69) is 9.72 Å². The molecule has 0 bridgehead atoms. The van der Waals surface area contributed by atoms with Crippen LogP contribution in [0.4, 0.5) is 39.5 Å². The molecule has 0 saturated carbocycles. The van der Waals surface area contributed by atoms with Crippen LogP contribution < -0.4 is 4.74 Å². The van der Waals surface area contributed by atoms with Crippen molar-refractivity contribution in [2.75, 3.05) is 19.6 Å². The topological polar surface area (TPSA) is 28.3 Å². The summed E-state index contributed by atoms with van der Waals surface area (Å²) in [6.07, 6.45) is -14.9. The molecular formula is C17H17F9N2O. The van der Waals surface area contributed by atoms with Gasteiger partial charge in [0.25, 0.3) is 0 Å². The molecule has 164 valence electrons. The molecule has 3 nitrogen and oxygen atoms in total. The van der Waals surface area contributed by atoms with Crippen LogP contribution >= 0.6 is 0 Å². The van der Waals surface area contributed by atoms with E-state index in [1.807, 2.05) is 0 Å². The fourth-order valence-electron chi connectivity index (χ4n) is 2.75. The predicted molar refractivity (Wildman–Crippen MR) is 86.5 cm³/mol. The van der Waals surface area contributed by atoms with Gasteiger partial charge in [-0.25, -0.2) is 0 Å². The van der Waals surface area contributed by atoms with Crippen LogP contribution in [0, 0.1) is 0 Å². The number of rotatable bonds is 8. The third-order valence-electron chi connectivity index (χ3n) is 4.09. The summed E-state index contributed by atoms with van der Waals surface area (Å²) in [5.74, 6) is -0.475. The van der Waals surface area contributed by atoms with E-state index >= 15 is 0 Å². The standard InChI is InChI=1S/C17H17F9N2O/c18-15(19,20)4-7-28(8-5-16(21,22)23)6-3-11-10-27-14-2-1-12(9-13(11)14)29-17(24,25)26/h1-2,9-10,27H,3-8H2. The Balaban J connectivity index is 2.10. The lowest BCUT2D eigenvalue weighted by Crippen LogP contribution is -2.33. The lowest BCUT2D eigenvalue weighted by molar-refractivity contribution is -0.274. The van der Waals surface area contributed by atoms with Gasteiger partial charge in [0.2, 0.25) is 0 Å². The zero-order valence-electron chi connectivity index (χ0n) is 14.8. The van der Waals surface area contributed by atoms with Crippen molar-refractivity contribution in [3.63, 3.8) is 0 Å². The van der Waals surface area contributed by atoms with Gasteiger partial charge in [0.15, 0.2) is 0 Å². The van der Waals surface area contributed by atoms with E-state index in [9.17, 15) is 39.5 Å². The maximum absolute atomic E-state index is 12.4. The maximum Gasteiger partial charge on any atom is 0.573 e. The molecule has 2 rings (SSSR count). The van der Waals surface area contributed by atoms with Gasteiger partial charge in [-0.1, -0.05) is 0 Å². The van der Waals surface area contributed by atoms with Crippen LogP contribution in [0.25, 0.3) is 10.9 Å². The number of ether oxygens (including phenoxy) is 1. The van der Waals surface area contributed by atoms with Crippen LogP contribution in [-0.4, -0.2) is 48.2 Å². The lowest BCUT2D eigenvalue weighted by Gasteiger charge is -2.23. The van der Waals surface area contributed by atoms with E-state index in [1.54, 1.807) is 0 Å². The van der Waals surface area contributed by atoms with Gasteiger partial charge in [0.1, 0.15) is 5.75 Å². The number of aromatic amines is 1. The van der Waals surface area contributed by atoms with E-state index in [4.69, 9.17) is 0 Å². The highest BCUT2D eigenvalue weighted by Gasteiger charge is 2.32. The fourth-order valence-corrected chi connectivity index (χ4v) is 2.75. The summed E-state index contributed by atoms with van der Waals surface area (Å²) >= 11 is 0. The van der Waals surface area contributed by atoms with Crippen molar-refractivity contribution in [1.82, 2.24) is 9.88 Å². The van der Waals surface area contributed by atoms with Crippen molar-refractivity contribution in [3.05, 3.63) is 30.0 Å². The van der Waals surface area contributed by atoms with Crippen molar-refractivity contribution < 1.29 is 44.3 Å². The first-order chi connectivity index (χ1) is 13.2. The van der Waals surface area contributed by atoms with Crippen molar-refractivity contribution in [3.8, 4) is 5.75 Å². The summed E-state index contributed by atoms with van der Waals surface area (Å²) in [6.45, 7) is -1.34. The Morgan fingerprint density at radius 1 is 0.828 bits per heavy atom. The molecule has 0 fully saturated rings. The molecule has 0 aliphatic heterocycles. The molecule has 2 aromatic rings. The van der Waals surface area contributed by atoms with Crippen LogP contribution in [-0.2, 0) is 6.42 Å². The molecule has 0 radical (unpaired) electrons. The predicted octanol–water partition coefficient (Wildman–Crippen LogP) is 5.82. The molecule has 0 saturated heterocycles. The normalized spacial score (nSPS) is 13.4. The highest BCUT2D eigenvalue weighted by molar-refractivity contribution is 5.84. The summed E-state index contributed by atoms with van der Waals surface area (Å²) in [5.41, 5.74) is 0.920. The summed E-state index contributed by atoms with van der Waals surface area (Å²) in [7, 11) is 0. The Labute approximate surface area is 159 Å². The molecule has 0 unspecified atom stereocenters. The number of alkyl halides is 9. The Bertz CT molecular complexity index is 775. The quantitative estimate of drug-likeness (QED) is 0.529. The number of halogens is 9. The van der Waals surface area contributed by atoms with Gasteiger partial charge in [0.05, 0.1) is 12.8 Å². The molecule has 29 heavy (non-hydrogen) atoms. The molecule has 1 heterocycles. The van der Waals surface area contributed by atoms with Gasteiger partial charge >= 0.3 is 18.7 Å². The second-order valence-corrected chi connectivity index (χ2v) is 6.39. The van der Waals surface area contributed by atoms with Crippen molar-refractivity contribution in [1.29, 1.82) is 0 Å². The molecule has 12 heteroatoms. The number of hydrogen-bond donors (Lipinski definition) is 1. The van der Waals surface area contributed by atoms with Crippen molar-refractivity contribution >= 4 is 10.9 Å². The van der Waals surface area contributed by atoms with Gasteiger partial charge in [-0.3, -0.25) is 0 Å². The van der Waals surface area contributed by atoms with Crippen LogP contribution in [0.3, 0.4) is 0 Å². The van der Waals surface area contributed by atoms with Gasteiger partial charge in [-0.15, -0.1) is 13.2 Å². The van der Waals surface area contributed by atoms with E-state index in [-0.39, 0.29) is 13.0 Å². The number of H-pyrrole nitrogens is 1. The highest BCUT2D eigenvalue weighted by Crippen LogP contribution is 2.29. The molecule has 0 atom stereocenters. The molecule has 0 spiro atoms. The molecule has 0 amide bonds. The third-order valence-corrected chi connectivity index (χ3v) is 4.09. The zero-order chi connectivity index (χ0) is 21.9. The molecule has 1 aromatic carbocycles. The number of nitrogens with zero attached hydrogens (tertiary/aromatic N) is 1. The second kappa shape index (κ2) is 8.72. The highest BCUT2D eigenvalue weighted by atomic mass is 19.4. The summed E-state index contributed by atoms with van der Waals surface area (Å²) in [5, 5.41) is 0.346. The SMILES string of the molecule is FC(F)(F)CCN(CCc1c[nH]c2ccc(OC(F)(F)F)cc12)CCC(F)(F)F. The minimum atomic E-state index is -4.89. The Morgan fingerprint density at radius 3 is 1.93 bits per heavy atom. The molecule has 0 aliphatic carbocycles. The van der Waals surface area contributed by atoms with Gasteiger partial charge in [-0.2, -0.15) is 26.3 Å². The zero-order valence-corrected chi connectivity index (χ0v) is 14.8. The number of benzene rings is 1.